The molecule has 0 spiro atoms. The first-order chi connectivity index (χ1) is 10.3. The van der Waals surface area contributed by atoms with Crippen LogP contribution in [-0.2, 0) is 0 Å². The van der Waals surface area contributed by atoms with E-state index in [1.54, 1.807) is 0 Å². The SMILES string of the molecule is CCCCCCCCCCC(O)CCOc1ccccc1. The molecule has 1 aromatic carbocycles. The van der Waals surface area contributed by atoms with E-state index in [9.17, 15) is 5.11 Å². The second-order valence-electron chi connectivity index (χ2n) is 5.87. The van der Waals surface area contributed by atoms with Gasteiger partial charge in [-0.1, -0.05) is 76.5 Å². The molecule has 0 bridgehead atoms. The van der Waals surface area contributed by atoms with Crippen LogP contribution in [0.5, 0.6) is 5.75 Å². The fourth-order valence-corrected chi connectivity index (χ4v) is 2.49. The van der Waals surface area contributed by atoms with Gasteiger partial charge in [0.05, 0.1) is 12.7 Å². The Kier molecular flexibility index (Phi) is 10.9. The molecule has 21 heavy (non-hydrogen) atoms. The molecular weight excluding hydrogens is 260 g/mol. The van der Waals surface area contributed by atoms with Crippen molar-refractivity contribution in [2.75, 3.05) is 6.61 Å². The zero-order valence-corrected chi connectivity index (χ0v) is 13.6. The summed E-state index contributed by atoms with van der Waals surface area (Å²) >= 11 is 0. The Morgan fingerprint density at radius 1 is 0.857 bits per heavy atom. The van der Waals surface area contributed by atoms with Crippen molar-refractivity contribution in [3.8, 4) is 5.75 Å². The van der Waals surface area contributed by atoms with E-state index in [0.717, 1.165) is 25.0 Å². The van der Waals surface area contributed by atoms with Crippen molar-refractivity contribution >= 4 is 0 Å². The van der Waals surface area contributed by atoms with Crippen LogP contribution in [0.25, 0.3) is 0 Å². The van der Waals surface area contributed by atoms with Crippen LogP contribution < -0.4 is 4.74 Å². The molecule has 1 N–H and O–H groups in total. The standard InChI is InChI=1S/C19H32O2/c1-2-3-4-5-6-7-8-10-13-18(20)16-17-21-19-14-11-9-12-15-19/h9,11-12,14-15,18,20H,2-8,10,13,16-17H2,1H3. The number of hydrogen-bond acceptors (Lipinski definition) is 2. The topological polar surface area (TPSA) is 29.5 Å². The molecule has 0 aliphatic carbocycles. The third kappa shape index (κ3) is 10.4. The number of ether oxygens (including phenoxy) is 1. The molecule has 120 valence electrons. The van der Waals surface area contributed by atoms with Crippen molar-refractivity contribution in [3.05, 3.63) is 30.3 Å². The van der Waals surface area contributed by atoms with Gasteiger partial charge in [-0.25, -0.2) is 0 Å². The van der Waals surface area contributed by atoms with Gasteiger partial charge in [-0.15, -0.1) is 0 Å². The quantitative estimate of drug-likeness (QED) is 0.497. The van der Waals surface area contributed by atoms with Gasteiger partial charge in [0.25, 0.3) is 0 Å². The lowest BCUT2D eigenvalue weighted by atomic mass is 10.0. The average Bonchev–Trinajstić information content (AvgIpc) is 2.51. The average molecular weight is 292 g/mol. The lowest BCUT2D eigenvalue weighted by Gasteiger charge is -2.11. The van der Waals surface area contributed by atoms with Gasteiger partial charge in [0.2, 0.25) is 0 Å². The van der Waals surface area contributed by atoms with Gasteiger partial charge in [-0.05, 0) is 18.6 Å². The summed E-state index contributed by atoms with van der Waals surface area (Å²) in [6, 6.07) is 9.80. The molecule has 0 aliphatic heterocycles. The van der Waals surface area contributed by atoms with Crippen LogP contribution in [-0.4, -0.2) is 17.8 Å². The number of benzene rings is 1. The normalized spacial score (nSPS) is 12.3. The molecule has 0 amide bonds. The first-order valence-electron chi connectivity index (χ1n) is 8.69. The number of hydrogen-bond donors (Lipinski definition) is 1. The monoisotopic (exact) mass is 292 g/mol. The van der Waals surface area contributed by atoms with Gasteiger partial charge < -0.3 is 9.84 Å². The van der Waals surface area contributed by atoms with E-state index in [4.69, 9.17) is 4.74 Å². The van der Waals surface area contributed by atoms with Gasteiger partial charge in [-0.2, -0.15) is 0 Å². The van der Waals surface area contributed by atoms with Crippen molar-refractivity contribution in [2.24, 2.45) is 0 Å². The highest BCUT2D eigenvalue weighted by Gasteiger charge is 2.04. The number of rotatable bonds is 13. The minimum Gasteiger partial charge on any atom is -0.493 e. The third-order valence-electron chi connectivity index (χ3n) is 3.85. The van der Waals surface area contributed by atoms with Crippen molar-refractivity contribution < 1.29 is 9.84 Å². The number of aliphatic hydroxyl groups excluding tert-OH is 1. The van der Waals surface area contributed by atoms with E-state index in [-0.39, 0.29) is 6.10 Å². The Hall–Kier alpha value is -1.02. The van der Waals surface area contributed by atoms with Crippen LogP contribution in [0.1, 0.15) is 71.1 Å². The maximum Gasteiger partial charge on any atom is 0.119 e. The van der Waals surface area contributed by atoms with Crippen molar-refractivity contribution in [1.29, 1.82) is 0 Å². The van der Waals surface area contributed by atoms with Gasteiger partial charge >= 0.3 is 0 Å². The Bertz CT molecular complexity index is 324. The number of aliphatic hydroxyl groups is 1. The van der Waals surface area contributed by atoms with E-state index in [1.807, 2.05) is 30.3 Å². The summed E-state index contributed by atoms with van der Waals surface area (Å²) in [5.41, 5.74) is 0. The second-order valence-corrected chi connectivity index (χ2v) is 5.87. The first kappa shape index (κ1) is 18.0. The molecule has 0 saturated heterocycles. The van der Waals surface area contributed by atoms with Crippen molar-refractivity contribution in [1.82, 2.24) is 0 Å². The van der Waals surface area contributed by atoms with E-state index in [0.29, 0.717) is 6.61 Å². The van der Waals surface area contributed by atoms with Crippen LogP contribution in [0, 0.1) is 0 Å². The molecule has 1 atom stereocenters. The zero-order chi connectivity index (χ0) is 15.2. The Labute approximate surface area is 130 Å². The van der Waals surface area contributed by atoms with Gasteiger partial charge in [0.1, 0.15) is 5.75 Å². The van der Waals surface area contributed by atoms with Crippen molar-refractivity contribution in [2.45, 2.75) is 77.2 Å². The molecule has 0 heterocycles. The van der Waals surface area contributed by atoms with Crippen molar-refractivity contribution in [3.63, 3.8) is 0 Å². The van der Waals surface area contributed by atoms with Gasteiger partial charge in [0, 0.05) is 6.42 Å². The molecule has 0 aliphatic rings. The minimum absolute atomic E-state index is 0.214. The molecule has 0 radical (unpaired) electrons. The molecule has 0 saturated carbocycles. The van der Waals surface area contributed by atoms with E-state index in [2.05, 4.69) is 6.92 Å². The molecule has 1 aromatic rings. The second kappa shape index (κ2) is 12.7. The lowest BCUT2D eigenvalue weighted by molar-refractivity contribution is 0.128. The fourth-order valence-electron chi connectivity index (χ4n) is 2.49. The highest BCUT2D eigenvalue weighted by Crippen LogP contribution is 2.13. The van der Waals surface area contributed by atoms with Crippen LogP contribution >= 0.6 is 0 Å². The predicted molar refractivity (Wildman–Crippen MR) is 89.8 cm³/mol. The molecule has 0 fully saturated rings. The minimum atomic E-state index is -0.214. The Morgan fingerprint density at radius 3 is 2.14 bits per heavy atom. The van der Waals surface area contributed by atoms with Crippen LogP contribution in [0.2, 0.25) is 0 Å². The molecule has 1 unspecified atom stereocenters. The summed E-state index contributed by atoms with van der Waals surface area (Å²) in [4.78, 5) is 0. The maximum absolute atomic E-state index is 9.92. The van der Waals surface area contributed by atoms with Crippen LogP contribution in [0.3, 0.4) is 0 Å². The predicted octanol–water partition coefficient (Wildman–Crippen LogP) is 5.35. The molecule has 2 heteroatoms. The van der Waals surface area contributed by atoms with Crippen LogP contribution in [0.15, 0.2) is 30.3 Å². The Morgan fingerprint density at radius 2 is 1.48 bits per heavy atom. The van der Waals surface area contributed by atoms with E-state index in [1.165, 1.54) is 44.9 Å². The molecular formula is C19H32O2. The summed E-state index contributed by atoms with van der Waals surface area (Å²) in [7, 11) is 0. The highest BCUT2D eigenvalue weighted by atomic mass is 16.5. The molecule has 2 nitrogen and oxygen atoms in total. The number of unbranched alkanes of at least 4 members (excludes halogenated alkanes) is 7. The van der Waals surface area contributed by atoms with Gasteiger partial charge in [-0.3, -0.25) is 0 Å². The maximum atomic E-state index is 9.92. The zero-order valence-electron chi connectivity index (χ0n) is 13.6. The lowest BCUT2D eigenvalue weighted by Crippen LogP contribution is -2.11. The summed E-state index contributed by atoms with van der Waals surface area (Å²) in [6.45, 7) is 2.85. The van der Waals surface area contributed by atoms with E-state index >= 15 is 0 Å². The Balaban J connectivity index is 1.88. The number of para-hydroxylation sites is 1. The first-order valence-corrected chi connectivity index (χ1v) is 8.69. The summed E-state index contributed by atoms with van der Waals surface area (Å²) in [5.74, 6) is 0.886. The smallest absolute Gasteiger partial charge is 0.119 e. The summed E-state index contributed by atoms with van der Waals surface area (Å²) < 4.78 is 5.60. The molecule has 0 aromatic heterocycles. The largest absolute Gasteiger partial charge is 0.493 e. The molecule has 1 rings (SSSR count). The highest BCUT2D eigenvalue weighted by molar-refractivity contribution is 5.20. The van der Waals surface area contributed by atoms with Crippen LogP contribution in [0.4, 0.5) is 0 Å². The third-order valence-corrected chi connectivity index (χ3v) is 3.85. The summed E-state index contributed by atoms with van der Waals surface area (Å²) in [5, 5.41) is 9.92. The fraction of sp³-hybridized carbons (Fsp3) is 0.684. The summed E-state index contributed by atoms with van der Waals surface area (Å²) in [6.07, 6.45) is 11.9. The van der Waals surface area contributed by atoms with E-state index < -0.39 is 0 Å². The van der Waals surface area contributed by atoms with Gasteiger partial charge in [0.15, 0.2) is 0 Å².